The van der Waals surface area contributed by atoms with Crippen LogP contribution < -0.4 is 4.74 Å². The first-order valence-corrected chi connectivity index (χ1v) is 9.87. The van der Waals surface area contributed by atoms with E-state index < -0.39 is 5.60 Å². The Morgan fingerprint density at radius 1 is 1.22 bits per heavy atom. The molecule has 0 N–H and O–H groups in total. The van der Waals surface area contributed by atoms with Crippen LogP contribution in [0.5, 0.6) is 5.75 Å². The molecule has 2 aliphatic heterocycles. The van der Waals surface area contributed by atoms with E-state index in [4.69, 9.17) is 9.47 Å². The number of likely N-dealkylation sites (N-methyl/N-ethyl adjacent to an activating group) is 1. The van der Waals surface area contributed by atoms with E-state index in [1.54, 1.807) is 4.90 Å². The monoisotopic (exact) mass is 372 g/mol. The van der Waals surface area contributed by atoms with Gasteiger partial charge in [0, 0.05) is 25.2 Å². The summed E-state index contributed by atoms with van der Waals surface area (Å²) in [5, 5.41) is 0. The van der Waals surface area contributed by atoms with Gasteiger partial charge in [-0.05, 0) is 58.7 Å². The normalized spacial score (nSPS) is 23.9. The predicted octanol–water partition coefficient (Wildman–Crippen LogP) is 4.39. The Kier molecular flexibility index (Phi) is 5.80. The fourth-order valence-corrected chi connectivity index (χ4v) is 3.58. The molecule has 0 bridgehead atoms. The van der Waals surface area contributed by atoms with Crippen LogP contribution in [0.25, 0.3) is 5.70 Å². The number of likely N-dealkylation sites (tertiary alicyclic amines) is 1. The maximum Gasteiger partial charge on any atom is 0.414 e. The molecule has 0 spiro atoms. The zero-order valence-electron chi connectivity index (χ0n) is 17.2. The van der Waals surface area contributed by atoms with Gasteiger partial charge in [-0.15, -0.1) is 0 Å². The lowest BCUT2D eigenvalue weighted by atomic mass is 9.98. The van der Waals surface area contributed by atoms with E-state index in [-0.39, 0.29) is 12.2 Å². The molecule has 2 atom stereocenters. The molecule has 0 saturated carbocycles. The first-order chi connectivity index (χ1) is 12.7. The maximum atomic E-state index is 12.8. The van der Waals surface area contributed by atoms with Crippen molar-refractivity contribution in [2.45, 2.75) is 52.2 Å². The fourth-order valence-electron chi connectivity index (χ4n) is 3.58. The molecule has 148 valence electrons. The van der Waals surface area contributed by atoms with Gasteiger partial charge in [0.1, 0.15) is 17.5 Å². The molecule has 1 saturated heterocycles. The van der Waals surface area contributed by atoms with Gasteiger partial charge in [0.25, 0.3) is 0 Å². The van der Waals surface area contributed by atoms with Gasteiger partial charge in [0.15, 0.2) is 0 Å². The molecule has 1 amide bonds. The number of hydrogen-bond donors (Lipinski definition) is 0. The highest BCUT2D eigenvalue weighted by molar-refractivity contribution is 5.83. The van der Waals surface area contributed by atoms with Crippen LogP contribution in [0.2, 0.25) is 0 Å². The van der Waals surface area contributed by atoms with E-state index in [1.807, 2.05) is 45.0 Å². The van der Waals surface area contributed by atoms with Gasteiger partial charge < -0.3 is 14.4 Å². The van der Waals surface area contributed by atoms with Crippen molar-refractivity contribution in [1.29, 1.82) is 0 Å². The molecule has 5 nitrogen and oxygen atoms in total. The molecule has 0 radical (unpaired) electrons. The summed E-state index contributed by atoms with van der Waals surface area (Å²) < 4.78 is 11.8. The minimum absolute atomic E-state index is 0.229. The van der Waals surface area contributed by atoms with Gasteiger partial charge in [0.05, 0.1) is 5.70 Å². The van der Waals surface area contributed by atoms with Gasteiger partial charge in [-0.1, -0.05) is 25.1 Å². The molecule has 1 fully saturated rings. The van der Waals surface area contributed by atoms with Gasteiger partial charge in [0.2, 0.25) is 0 Å². The number of amides is 1. The second-order valence-corrected chi connectivity index (χ2v) is 8.84. The van der Waals surface area contributed by atoms with Crippen molar-refractivity contribution in [1.82, 2.24) is 9.80 Å². The topological polar surface area (TPSA) is 42.0 Å². The molecule has 27 heavy (non-hydrogen) atoms. The Morgan fingerprint density at radius 2 is 2.00 bits per heavy atom. The molecule has 1 unspecified atom stereocenters. The van der Waals surface area contributed by atoms with Crippen molar-refractivity contribution in [3.8, 4) is 5.75 Å². The summed E-state index contributed by atoms with van der Waals surface area (Å²) in [6.45, 7) is 10.5. The van der Waals surface area contributed by atoms with Gasteiger partial charge in [-0.3, -0.25) is 4.90 Å². The average Bonchev–Trinajstić information content (AvgIpc) is 2.98. The van der Waals surface area contributed by atoms with Crippen LogP contribution >= 0.6 is 0 Å². The van der Waals surface area contributed by atoms with E-state index in [1.165, 1.54) is 0 Å². The van der Waals surface area contributed by atoms with Crippen molar-refractivity contribution in [3.05, 3.63) is 35.9 Å². The van der Waals surface area contributed by atoms with Crippen molar-refractivity contribution in [2.75, 3.05) is 26.7 Å². The van der Waals surface area contributed by atoms with Gasteiger partial charge in [-0.25, -0.2) is 4.79 Å². The lowest BCUT2D eigenvalue weighted by Crippen LogP contribution is -2.39. The van der Waals surface area contributed by atoms with Crippen LogP contribution in [0, 0.1) is 5.92 Å². The maximum absolute atomic E-state index is 12.8. The lowest BCUT2D eigenvalue weighted by molar-refractivity contribution is 0.0327. The summed E-state index contributed by atoms with van der Waals surface area (Å²) in [4.78, 5) is 16.8. The Bertz CT molecular complexity index is 708. The summed E-state index contributed by atoms with van der Waals surface area (Å²) in [7, 11) is 2.12. The highest BCUT2D eigenvalue weighted by Gasteiger charge is 2.29. The quantitative estimate of drug-likeness (QED) is 0.789. The van der Waals surface area contributed by atoms with Gasteiger partial charge in [-0.2, -0.15) is 0 Å². The molecule has 1 aromatic rings. The summed E-state index contributed by atoms with van der Waals surface area (Å²) >= 11 is 0. The number of nitrogens with zero attached hydrogens (tertiary/aromatic N) is 2. The Labute approximate surface area is 162 Å². The second-order valence-electron chi connectivity index (χ2n) is 8.84. The molecule has 1 aromatic carbocycles. The molecule has 2 heterocycles. The third kappa shape index (κ3) is 5.25. The molecular weight excluding hydrogens is 340 g/mol. The first kappa shape index (κ1) is 19.7. The number of benzene rings is 1. The number of hydrogen-bond acceptors (Lipinski definition) is 4. The summed E-state index contributed by atoms with van der Waals surface area (Å²) in [6.07, 6.45) is 4.08. The summed E-state index contributed by atoms with van der Waals surface area (Å²) in [5.41, 5.74) is 1.40. The molecular formula is C22H32N2O3. The van der Waals surface area contributed by atoms with Crippen LogP contribution in [0.4, 0.5) is 4.79 Å². The van der Waals surface area contributed by atoms with Crippen molar-refractivity contribution >= 4 is 11.8 Å². The van der Waals surface area contributed by atoms with E-state index in [2.05, 4.69) is 24.9 Å². The van der Waals surface area contributed by atoms with Crippen LogP contribution in [0.3, 0.4) is 0 Å². The van der Waals surface area contributed by atoms with Crippen LogP contribution in [0.15, 0.2) is 30.3 Å². The SMILES string of the molecule is C[C@H]1CC=C(c2cccc(OC3CCN(C)C3)c2)N(C(=O)OC(C)(C)C)C1. The number of ether oxygens (including phenoxy) is 2. The second kappa shape index (κ2) is 7.93. The van der Waals surface area contributed by atoms with Crippen molar-refractivity contribution in [3.63, 3.8) is 0 Å². The zero-order valence-corrected chi connectivity index (χ0v) is 17.2. The van der Waals surface area contributed by atoms with Crippen LogP contribution in [-0.2, 0) is 4.74 Å². The van der Waals surface area contributed by atoms with Crippen molar-refractivity contribution < 1.29 is 14.3 Å². The number of carbonyl (C=O) groups excluding carboxylic acids is 1. The Hall–Kier alpha value is -2.01. The first-order valence-electron chi connectivity index (χ1n) is 9.87. The van der Waals surface area contributed by atoms with Crippen LogP contribution in [-0.4, -0.2) is 54.3 Å². The molecule has 2 aliphatic rings. The number of carbonyl (C=O) groups is 1. The number of rotatable bonds is 3. The smallest absolute Gasteiger partial charge is 0.414 e. The lowest BCUT2D eigenvalue weighted by Gasteiger charge is -2.34. The van der Waals surface area contributed by atoms with E-state index in [0.29, 0.717) is 12.5 Å². The highest BCUT2D eigenvalue weighted by atomic mass is 16.6. The van der Waals surface area contributed by atoms with Crippen molar-refractivity contribution in [2.24, 2.45) is 5.92 Å². The van der Waals surface area contributed by atoms with E-state index in [0.717, 1.165) is 42.9 Å². The molecule has 3 rings (SSSR count). The van der Waals surface area contributed by atoms with E-state index in [9.17, 15) is 4.79 Å². The molecule has 0 aliphatic carbocycles. The Balaban J connectivity index is 1.80. The molecule has 0 aromatic heterocycles. The highest BCUT2D eigenvalue weighted by Crippen LogP contribution is 2.31. The number of allylic oxidation sites excluding steroid dienone is 1. The predicted molar refractivity (Wildman–Crippen MR) is 108 cm³/mol. The Morgan fingerprint density at radius 3 is 2.67 bits per heavy atom. The fraction of sp³-hybridized carbons (Fsp3) is 0.591. The van der Waals surface area contributed by atoms with Gasteiger partial charge >= 0.3 is 6.09 Å². The summed E-state index contributed by atoms with van der Waals surface area (Å²) in [5.74, 6) is 1.27. The third-order valence-corrected chi connectivity index (χ3v) is 4.89. The minimum atomic E-state index is -0.512. The minimum Gasteiger partial charge on any atom is -0.489 e. The molecule has 5 heteroatoms. The summed E-state index contributed by atoms with van der Waals surface area (Å²) in [6, 6.07) is 8.06. The van der Waals surface area contributed by atoms with Crippen LogP contribution in [0.1, 0.15) is 46.1 Å². The zero-order chi connectivity index (χ0) is 19.6. The average molecular weight is 373 g/mol. The van der Waals surface area contributed by atoms with E-state index >= 15 is 0 Å². The standard InChI is InChI=1S/C22H32N2O3/c1-16-9-10-20(24(14-16)21(25)27-22(2,3)4)17-7-6-8-18(13-17)26-19-11-12-23(5)15-19/h6-8,10,13,16,19H,9,11-12,14-15H2,1-5H3/t16-,19?/m0/s1. The third-order valence-electron chi connectivity index (χ3n) is 4.89. The largest absolute Gasteiger partial charge is 0.489 e.